The first-order valence-electron chi connectivity index (χ1n) is 24.8. The molecule has 0 amide bonds. The third-order valence-corrected chi connectivity index (χ3v) is 15.3. The lowest BCUT2D eigenvalue weighted by Gasteiger charge is -2.48. The molecule has 1 aromatic carbocycles. The molecular formula is C50H86N6O12. The van der Waals surface area contributed by atoms with Gasteiger partial charge in [-0.15, -0.1) is 5.10 Å². The second kappa shape index (κ2) is 23.6. The lowest BCUT2D eigenvalue weighted by atomic mass is 9.77. The molecule has 1 aromatic heterocycles. The Balaban J connectivity index is 1.42. The number of aliphatic hydroxyl groups excluding tert-OH is 3. The first-order chi connectivity index (χ1) is 31.8. The molecule has 68 heavy (non-hydrogen) atoms. The summed E-state index contributed by atoms with van der Waals surface area (Å²) in [6.07, 6.45) is -2.87. The summed E-state index contributed by atoms with van der Waals surface area (Å²) in [7, 11) is 5.45. The summed E-state index contributed by atoms with van der Waals surface area (Å²) < 4.78 is 40.3. The molecule has 0 unspecified atom stereocenters. The third-order valence-electron chi connectivity index (χ3n) is 15.3. The molecule has 0 spiro atoms. The Kier molecular flexibility index (Phi) is 19.4. The summed E-state index contributed by atoms with van der Waals surface area (Å²) >= 11 is 0. The van der Waals surface area contributed by atoms with Gasteiger partial charge in [0.25, 0.3) is 0 Å². The van der Waals surface area contributed by atoms with Crippen LogP contribution in [0.4, 0.5) is 5.69 Å². The van der Waals surface area contributed by atoms with Gasteiger partial charge in [-0.3, -0.25) is 4.79 Å². The van der Waals surface area contributed by atoms with Crippen molar-refractivity contribution in [3.05, 3.63) is 41.7 Å². The Hall–Kier alpha value is -2.85. The topological polar surface area (TPSA) is 237 Å². The van der Waals surface area contributed by atoms with Crippen molar-refractivity contribution >= 4 is 11.7 Å². The summed E-state index contributed by atoms with van der Waals surface area (Å²) in [5.41, 5.74) is 4.04. The molecule has 5 rings (SSSR count). The number of hydrogen-bond acceptors (Lipinski definition) is 17. The van der Waals surface area contributed by atoms with Crippen molar-refractivity contribution in [1.82, 2.24) is 24.8 Å². The number of methoxy groups -OCH3 is 1. The molecule has 0 aliphatic carbocycles. The lowest BCUT2D eigenvalue weighted by Crippen LogP contribution is -2.59. The van der Waals surface area contributed by atoms with Crippen LogP contribution in [0, 0.1) is 17.8 Å². The Morgan fingerprint density at radius 1 is 0.971 bits per heavy atom. The second-order valence-electron chi connectivity index (χ2n) is 21.3. The van der Waals surface area contributed by atoms with Gasteiger partial charge in [0.05, 0.1) is 59.9 Å². The molecule has 4 heterocycles. The van der Waals surface area contributed by atoms with Gasteiger partial charge < -0.3 is 69.5 Å². The van der Waals surface area contributed by atoms with Gasteiger partial charge in [0.15, 0.2) is 12.6 Å². The zero-order valence-electron chi connectivity index (χ0n) is 43.0. The monoisotopic (exact) mass is 963 g/mol. The highest BCUT2D eigenvalue weighted by Gasteiger charge is 2.52. The number of hydrogen-bond donors (Lipinski definition) is 6. The molecule has 0 radical (unpaired) electrons. The largest absolute Gasteiger partial charge is 0.459 e. The van der Waals surface area contributed by atoms with Crippen molar-refractivity contribution in [2.24, 2.45) is 17.8 Å². The summed E-state index contributed by atoms with van der Waals surface area (Å²) in [4.78, 5) is 18.7. The van der Waals surface area contributed by atoms with E-state index in [0.717, 1.165) is 17.7 Å². The number of benzene rings is 1. The van der Waals surface area contributed by atoms with E-state index in [0.29, 0.717) is 38.0 Å². The van der Waals surface area contributed by atoms with Gasteiger partial charge in [0.2, 0.25) is 0 Å². The smallest absolute Gasteiger partial charge is 0.311 e. The number of rotatable bonds is 14. The highest BCUT2D eigenvalue weighted by molar-refractivity contribution is 5.73. The van der Waals surface area contributed by atoms with E-state index in [1.54, 1.807) is 39.3 Å². The lowest BCUT2D eigenvalue weighted by molar-refractivity contribution is -0.308. The van der Waals surface area contributed by atoms with Gasteiger partial charge in [-0.25, -0.2) is 4.68 Å². The third kappa shape index (κ3) is 13.6. The molecule has 3 aliphatic heterocycles. The van der Waals surface area contributed by atoms with Crippen LogP contribution in [-0.4, -0.2) is 181 Å². The number of carbonyl (C=O) groups excluding carboxylic acids is 1. The van der Waals surface area contributed by atoms with Crippen molar-refractivity contribution < 1.29 is 58.7 Å². The Bertz CT molecular complexity index is 1870. The van der Waals surface area contributed by atoms with E-state index in [2.05, 4.69) is 22.3 Å². The van der Waals surface area contributed by atoms with E-state index in [1.807, 2.05) is 70.1 Å². The van der Waals surface area contributed by atoms with Crippen molar-refractivity contribution in [2.75, 3.05) is 46.6 Å². The van der Waals surface area contributed by atoms with Crippen LogP contribution in [0.25, 0.3) is 0 Å². The van der Waals surface area contributed by atoms with Crippen LogP contribution in [0.5, 0.6) is 0 Å². The molecule has 18 atom stereocenters. The molecule has 3 saturated heterocycles. The summed E-state index contributed by atoms with van der Waals surface area (Å²) in [6.45, 7) is 19.0. The predicted octanol–water partition coefficient (Wildman–Crippen LogP) is 3.49. The highest BCUT2D eigenvalue weighted by Crippen LogP contribution is 2.40. The Morgan fingerprint density at radius 2 is 1.65 bits per heavy atom. The molecule has 18 nitrogen and oxygen atoms in total. The summed E-state index contributed by atoms with van der Waals surface area (Å²) in [6, 6.07) is 6.80. The molecule has 0 saturated carbocycles. The average molecular weight is 963 g/mol. The molecule has 3 aliphatic rings. The fraction of sp³-hybridized carbons (Fsp3) is 0.820. The van der Waals surface area contributed by atoms with Crippen molar-refractivity contribution in [3.63, 3.8) is 0 Å². The molecule has 18 heteroatoms. The molecular weight excluding hydrogens is 877 g/mol. The number of nitrogens with zero attached hydrogens (tertiary/aromatic N) is 5. The number of cyclic esters (lactones) is 1. The maximum absolute atomic E-state index is 14.5. The van der Waals surface area contributed by atoms with Crippen LogP contribution >= 0.6 is 0 Å². The number of nitrogen functional groups attached to an aromatic ring is 1. The first-order valence-corrected chi connectivity index (χ1v) is 24.8. The van der Waals surface area contributed by atoms with Crippen LogP contribution in [0.3, 0.4) is 0 Å². The average Bonchev–Trinajstić information content (AvgIpc) is 3.76. The number of aromatic nitrogens is 3. The van der Waals surface area contributed by atoms with E-state index in [-0.39, 0.29) is 50.0 Å². The number of esters is 1. The molecule has 388 valence electrons. The normalized spacial score (nSPS) is 40.1. The van der Waals surface area contributed by atoms with Crippen LogP contribution < -0.4 is 5.73 Å². The quantitative estimate of drug-likeness (QED) is 0.117. The Labute approximate surface area is 404 Å². The van der Waals surface area contributed by atoms with Crippen LogP contribution in [0.15, 0.2) is 30.5 Å². The van der Waals surface area contributed by atoms with E-state index in [1.165, 1.54) is 14.0 Å². The molecule has 3 fully saturated rings. The zero-order chi connectivity index (χ0) is 50.5. The standard InChI is InChI=1S/C50H86N6O12/c1-14-40-50(10,62)44(58)33(6)55(12)26-29(2)24-48(8,61)46(31(4)43(32(5)47(60)66-40)67-42-25-49(9,63-13)45(59)34(7)65-42)68-41-23-38(21-30(3)64-41)54(11)20-19-37-27-56(53-52-37)39(28-57)22-35-15-17-36(51)18-16-35/h15-18,27,29-34,38-46,57-59,61-62H,14,19-26,28,51H2,1-13H3/t29-,30-,31+,32-,33-,34+,38+,39+,40-,41+,42+,43+,44-,45+,46-,48-,49-,50-/m1/s1. The number of anilines is 1. The van der Waals surface area contributed by atoms with Gasteiger partial charge in [0, 0.05) is 69.3 Å². The number of ether oxygens (including phenoxy) is 6. The SMILES string of the molecule is CC[C@H]1OC(=O)[C@H](C)[C@@H](O[C@H]2C[C@@](C)(OC)[C@@H](O)[C@H](C)O2)[C@H](C)[C@@H](O[C@H]2C[C@@H](N(C)CCc3cn([C@H](CO)Cc4ccc(N)cc4)nn3)C[C@@H](C)O2)[C@](C)(O)C[C@@H](C)CN(C)[C@H](C)[C@@H](O)[C@]1(C)O. The van der Waals surface area contributed by atoms with E-state index in [9.17, 15) is 30.3 Å². The zero-order valence-corrected chi connectivity index (χ0v) is 43.0. The van der Waals surface area contributed by atoms with E-state index in [4.69, 9.17) is 34.2 Å². The number of aliphatic hydroxyl groups is 5. The van der Waals surface area contributed by atoms with Gasteiger partial charge in [-0.05, 0) is 112 Å². The maximum atomic E-state index is 14.5. The van der Waals surface area contributed by atoms with E-state index >= 15 is 0 Å². The van der Waals surface area contributed by atoms with Gasteiger partial charge in [-0.1, -0.05) is 38.1 Å². The fourth-order valence-corrected chi connectivity index (χ4v) is 10.9. The number of carbonyl (C=O) groups is 1. The van der Waals surface area contributed by atoms with Crippen molar-refractivity contribution in [2.45, 2.75) is 204 Å². The van der Waals surface area contributed by atoms with Crippen molar-refractivity contribution in [1.29, 1.82) is 0 Å². The van der Waals surface area contributed by atoms with E-state index < -0.39 is 89.9 Å². The minimum Gasteiger partial charge on any atom is -0.459 e. The number of likely N-dealkylation sites (N-methyl/N-ethyl adjacent to an activating group) is 2. The fourth-order valence-electron chi connectivity index (χ4n) is 10.9. The predicted molar refractivity (Wildman–Crippen MR) is 256 cm³/mol. The van der Waals surface area contributed by atoms with Crippen molar-refractivity contribution in [3.8, 4) is 0 Å². The first kappa shape index (κ1) is 56.1. The van der Waals surface area contributed by atoms with Gasteiger partial charge in [-0.2, -0.15) is 0 Å². The van der Waals surface area contributed by atoms with Crippen LogP contribution in [-0.2, 0) is 46.1 Å². The minimum atomic E-state index is -1.81. The second-order valence-corrected chi connectivity index (χ2v) is 21.3. The molecule has 0 bridgehead atoms. The molecule has 2 aromatic rings. The van der Waals surface area contributed by atoms with Crippen LogP contribution in [0.1, 0.15) is 119 Å². The summed E-state index contributed by atoms with van der Waals surface area (Å²) in [5.74, 6) is -2.49. The molecule has 7 N–H and O–H groups in total. The van der Waals surface area contributed by atoms with Gasteiger partial charge >= 0.3 is 5.97 Å². The summed E-state index contributed by atoms with van der Waals surface area (Å²) in [5, 5.41) is 66.4. The Morgan fingerprint density at radius 3 is 2.28 bits per heavy atom. The minimum absolute atomic E-state index is 0.0347. The maximum Gasteiger partial charge on any atom is 0.311 e. The number of nitrogens with two attached hydrogens (primary N) is 1. The highest BCUT2D eigenvalue weighted by atomic mass is 16.7. The van der Waals surface area contributed by atoms with Crippen LogP contribution in [0.2, 0.25) is 0 Å². The van der Waals surface area contributed by atoms with Gasteiger partial charge in [0.1, 0.15) is 23.9 Å².